The van der Waals surface area contributed by atoms with Crippen molar-refractivity contribution in [2.24, 2.45) is 11.8 Å². The topological polar surface area (TPSA) is 6.02 Å². The number of nitrogens with zero attached hydrogens (tertiary/aromatic N) is 2. The van der Waals surface area contributed by atoms with Gasteiger partial charge in [0.25, 0.3) is 0 Å². The molecule has 0 amide bonds. The van der Waals surface area contributed by atoms with Crippen LogP contribution in [0, 0.1) is 11.8 Å². The van der Waals surface area contributed by atoms with Crippen molar-refractivity contribution in [3.05, 3.63) is 96.1 Å². The van der Waals surface area contributed by atoms with Gasteiger partial charge in [0.05, 0.1) is 10.8 Å². The van der Waals surface area contributed by atoms with E-state index in [1.165, 1.54) is 68.3 Å². The van der Waals surface area contributed by atoms with Crippen LogP contribution in [0.1, 0.15) is 92.2 Å². The molecule has 4 aromatic carbocycles. The van der Waals surface area contributed by atoms with Gasteiger partial charge >= 0.3 is 0 Å². The summed E-state index contributed by atoms with van der Waals surface area (Å²) in [6, 6.07) is 27.3. The second kappa shape index (κ2) is 11.8. The Morgan fingerprint density at radius 3 is 1.34 bits per heavy atom. The van der Waals surface area contributed by atoms with Gasteiger partial charge in [0.1, 0.15) is 13.1 Å². The maximum Gasteiger partial charge on any atom is 0.210 e. The van der Waals surface area contributed by atoms with Crippen molar-refractivity contribution in [2.75, 3.05) is 13.1 Å². The highest BCUT2D eigenvalue weighted by Crippen LogP contribution is 2.48. The Morgan fingerprint density at radius 1 is 0.568 bits per heavy atom. The van der Waals surface area contributed by atoms with Crippen LogP contribution in [0.25, 0.3) is 21.5 Å². The van der Waals surface area contributed by atoms with Crippen molar-refractivity contribution in [2.45, 2.75) is 91.9 Å². The first-order valence-corrected chi connectivity index (χ1v) is 17.0. The summed E-state index contributed by atoms with van der Waals surface area (Å²) in [5.74, 6) is 1.37. The van der Waals surface area contributed by atoms with Gasteiger partial charge in [0.2, 0.25) is 11.4 Å². The molecule has 2 aliphatic rings. The molecular weight excluding hydrogens is 532 g/mol. The largest absolute Gasteiger partial charge is 0.210 e. The average Bonchev–Trinajstić information content (AvgIpc) is 3.36. The zero-order valence-corrected chi connectivity index (χ0v) is 28.4. The molecule has 0 fully saturated rings. The van der Waals surface area contributed by atoms with E-state index in [-0.39, 0.29) is 10.8 Å². The molecule has 0 N–H and O–H groups in total. The molecule has 2 atom stereocenters. The van der Waals surface area contributed by atoms with Crippen molar-refractivity contribution in [1.29, 1.82) is 0 Å². The minimum absolute atomic E-state index is 0.0348. The number of hydrogen-bond acceptors (Lipinski definition) is 0. The van der Waals surface area contributed by atoms with E-state index >= 15 is 0 Å². The number of fused-ring (bicyclic) bond motifs is 6. The van der Waals surface area contributed by atoms with Crippen LogP contribution in [-0.4, -0.2) is 33.7 Å². The number of hydrogen-bond donors (Lipinski definition) is 0. The molecule has 0 saturated heterocycles. The molecule has 2 aliphatic heterocycles. The van der Waals surface area contributed by atoms with Gasteiger partial charge in [-0.3, -0.25) is 0 Å². The Balaban J connectivity index is 1.37. The highest BCUT2D eigenvalue weighted by atomic mass is 15.1. The van der Waals surface area contributed by atoms with Gasteiger partial charge in [-0.05, 0) is 72.2 Å². The minimum Gasteiger partial charge on any atom is -0.199 e. The summed E-state index contributed by atoms with van der Waals surface area (Å²) in [7, 11) is 0. The summed E-state index contributed by atoms with van der Waals surface area (Å²) < 4.78 is 5.25. The SMILES string of the molecule is CC1=[N+](CCC(C)C)c2ccc3ccccc3c2C1(C)C/C=C\CC1(C)C(C)=[N+](CCC(C)C)c2ccc3ccccc3c21. The van der Waals surface area contributed by atoms with E-state index in [2.05, 4.69) is 149 Å². The van der Waals surface area contributed by atoms with Crippen LogP contribution >= 0.6 is 0 Å². The lowest BCUT2D eigenvalue weighted by Gasteiger charge is -2.24. The average molecular weight is 585 g/mol. The molecule has 44 heavy (non-hydrogen) atoms. The highest BCUT2D eigenvalue weighted by Gasteiger charge is 2.48. The molecule has 0 spiro atoms. The maximum absolute atomic E-state index is 2.63. The lowest BCUT2D eigenvalue weighted by atomic mass is 9.73. The van der Waals surface area contributed by atoms with E-state index in [1.807, 2.05) is 0 Å². The third-order valence-corrected chi connectivity index (χ3v) is 11.0. The third kappa shape index (κ3) is 5.05. The second-order valence-corrected chi connectivity index (χ2v) is 14.7. The smallest absolute Gasteiger partial charge is 0.199 e. The fraction of sp³-hybridized carbons (Fsp3) is 0.429. The van der Waals surface area contributed by atoms with E-state index < -0.39 is 0 Å². The third-order valence-electron chi connectivity index (χ3n) is 11.0. The Hall–Kier alpha value is -3.52. The van der Waals surface area contributed by atoms with Crippen LogP contribution < -0.4 is 0 Å². The summed E-state index contributed by atoms with van der Waals surface area (Å²) in [6.07, 6.45) is 9.41. The van der Waals surface area contributed by atoms with E-state index in [0.29, 0.717) is 11.8 Å². The lowest BCUT2D eigenvalue weighted by molar-refractivity contribution is -0.441. The van der Waals surface area contributed by atoms with Crippen LogP contribution in [0.5, 0.6) is 0 Å². The number of rotatable bonds is 10. The molecule has 2 unspecified atom stereocenters. The lowest BCUT2D eigenvalue weighted by Crippen LogP contribution is -2.31. The minimum atomic E-state index is -0.0348. The van der Waals surface area contributed by atoms with Crippen LogP contribution in [-0.2, 0) is 10.8 Å². The summed E-state index contributed by atoms with van der Waals surface area (Å²) in [6.45, 7) is 21.2. The predicted molar refractivity (Wildman–Crippen MR) is 191 cm³/mol. The summed E-state index contributed by atoms with van der Waals surface area (Å²) in [5, 5.41) is 5.49. The molecule has 2 heteroatoms. The van der Waals surface area contributed by atoms with Crippen molar-refractivity contribution >= 4 is 44.3 Å². The molecule has 2 nitrogen and oxygen atoms in total. The van der Waals surface area contributed by atoms with Gasteiger partial charge in [-0.25, -0.2) is 0 Å². The number of benzene rings is 4. The summed E-state index contributed by atoms with van der Waals surface area (Å²) in [5.41, 5.74) is 8.73. The van der Waals surface area contributed by atoms with Crippen molar-refractivity contribution < 1.29 is 9.15 Å². The number of allylic oxidation sites excluding steroid dienone is 2. The molecule has 0 aromatic heterocycles. The molecule has 0 bridgehead atoms. The summed E-state index contributed by atoms with van der Waals surface area (Å²) >= 11 is 0. The quantitative estimate of drug-likeness (QED) is 0.129. The zero-order chi connectivity index (χ0) is 31.2. The Bertz CT molecular complexity index is 1680. The van der Waals surface area contributed by atoms with E-state index in [9.17, 15) is 0 Å². The first-order valence-electron chi connectivity index (χ1n) is 17.0. The first kappa shape index (κ1) is 30.5. The predicted octanol–water partition coefficient (Wildman–Crippen LogP) is 10.9. The first-order chi connectivity index (χ1) is 21.1. The molecule has 6 rings (SSSR count). The van der Waals surface area contributed by atoms with Gasteiger partial charge < -0.3 is 0 Å². The zero-order valence-electron chi connectivity index (χ0n) is 28.4. The van der Waals surface area contributed by atoms with E-state index in [0.717, 1.165) is 25.9 Å². The van der Waals surface area contributed by atoms with Gasteiger partial charge in [0, 0.05) is 49.9 Å². The fourth-order valence-electron chi connectivity index (χ4n) is 7.94. The van der Waals surface area contributed by atoms with Crippen molar-refractivity contribution in [3.63, 3.8) is 0 Å². The monoisotopic (exact) mass is 584 g/mol. The Morgan fingerprint density at radius 2 is 0.955 bits per heavy atom. The van der Waals surface area contributed by atoms with Crippen LogP contribution in [0.15, 0.2) is 84.9 Å². The normalized spacial score (nSPS) is 21.6. The van der Waals surface area contributed by atoms with Crippen LogP contribution in [0.4, 0.5) is 11.4 Å². The molecule has 0 aliphatic carbocycles. The Labute approximate surface area is 265 Å². The van der Waals surface area contributed by atoms with Gasteiger partial charge in [0.15, 0.2) is 11.4 Å². The standard InChI is InChI=1S/C42H52N2/c1-29(2)23-27-43-31(5)41(7,39-35-17-11-9-15-33(35)19-21-37(39)43)25-13-14-26-42(8)32(6)44(28-24-30(3)4)38-22-20-34-16-10-12-18-36(34)40(38)42/h9-22,29-30H,23-28H2,1-8H3/q+2/b14-13-. The Kier molecular flexibility index (Phi) is 8.16. The molecule has 4 aromatic rings. The van der Waals surface area contributed by atoms with Crippen LogP contribution in [0.3, 0.4) is 0 Å². The van der Waals surface area contributed by atoms with Crippen LogP contribution in [0.2, 0.25) is 0 Å². The second-order valence-electron chi connectivity index (χ2n) is 14.7. The van der Waals surface area contributed by atoms with E-state index in [1.54, 1.807) is 0 Å². The summed E-state index contributed by atoms with van der Waals surface area (Å²) in [4.78, 5) is 0. The highest BCUT2D eigenvalue weighted by molar-refractivity contribution is 6.03. The maximum atomic E-state index is 2.63. The van der Waals surface area contributed by atoms with Gasteiger partial charge in [-0.2, -0.15) is 9.15 Å². The van der Waals surface area contributed by atoms with Gasteiger partial charge in [-0.1, -0.05) is 88.4 Å². The fourth-order valence-corrected chi connectivity index (χ4v) is 7.94. The molecule has 0 radical (unpaired) electrons. The van der Waals surface area contributed by atoms with E-state index in [4.69, 9.17) is 0 Å². The molecular formula is C42H52N2+2. The van der Waals surface area contributed by atoms with Gasteiger partial charge in [-0.15, -0.1) is 0 Å². The van der Waals surface area contributed by atoms with Crippen molar-refractivity contribution in [1.82, 2.24) is 0 Å². The molecule has 228 valence electrons. The molecule has 0 saturated carbocycles. The van der Waals surface area contributed by atoms with Crippen molar-refractivity contribution in [3.8, 4) is 0 Å². The molecule has 2 heterocycles.